The molecule has 0 fully saturated rings. The molecular formula is C34H33F4N3O5. The van der Waals surface area contributed by atoms with Gasteiger partial charge < -0.3 is 30.0 Å². The number of rotatable bonds is 12. The topological polar surface area (TPSA) is 102 Å². The van der Waals surface area contributed by atoms with Crippen molar-refractivity contribution in [3.05, 3.63) is 102 Å². The van der Waals surface area contributed by atoms with Crippen LogP contribution in [-0.4, -0.2) is 62.2 Å². The van der Waals surface area contributed by atoms with Crippen LogP contribution in [-0.2, 0) is 5.41 Å². The highest BCUT2D eigenvalue weighted by Crippen LogP contribution is 2.47. The molecule has 8 nitrogen and oxygen atoms in total. The number of anilines is 1. The zero-order valence-corrected chi connectivity index (χ0v) is 25.2. The highest BCUT2D eigenvalue weighted by atomic mass is 19.4. The van der Waals surface area contributed by atoms with E-state index in [9.17, 15) is 22.4 Å². The van der Waals surface area contributed by atoms with Crippen molar-refractivity contribution in [3.63, 3.8) is 0 Å². The summed E-state index contributed by atoms with van der Waals surface area (Å²) in [5.74, 6) is -2.67. The Bertz CT molecular complexity index is 1670. The maximum Gasteiger partial charge on any atom is 0.398 e. The molecule has 3 aromatic carbocycles. The lowest BCUT2D eigenvalue weighted by Crippen LogP contribution is -2.36. The molecule has 2 heterocycles. The van der Waals surface area contributed by atoms with Gasteiger partial charge >= 0.3 is 6.18 Å². The Morgan fingerprint density at radius 2 is 1.80 bits per heavy atom. The lowest BCUT2D eigenvalue weighted by molar-refractivity contribution is -0.149. The van der Waals surface area contributed by atoms with Crippen molar-refractivity contribution in [1.29, 1.82) is 0 Å². The Balaban J connectivity index is 1.48. The summed E-state index contributed by atoms with van der Waals surface area (Å²) in [7, 11) is 1.35. The first-order valence-electron chi connectivity index (χ1n) is 14.5. The van der Waals surface area contributed by atoms with Crippen LogP contribution >= 0.6 is 0 Å². The molecule has 12 heteroatoms. The maximum absolute atomic E-state index is 14.7. The number of para-hydroxylation sites is 1. The highest BCUT2D eigenvalue weighted by molar-refractivity contribution is 5.95. The minimum Gasteiger partial charge on any atom is -0.493 e. The molecule has 0 spiro atoms. The molecule has 1 aromatic heterocycles. The van der Waals surface area contributed by atoms with Crippen molar-refractivity contribution in [2.24, 2.45) is 0 Å². The second-order valence-corrected chi connectivity index (χ2v) is 11.1. The lowest BCUT2D eigenvalue weighted by Gasteiger charge is -2.26. The van der Waals surface area contributed by atoms with E-state index in [1.54, 1.807) is 0 Å². The van der Waals surface area contributed by atoms with Gasteiger partial charge in [0.05, 0.1) is 26.0 Å². The average Bonchev–Trinajstić information content (AvgIpc) is 3.39. The largest absolute Gasteiger partial charge is 0.493 e. The number of carbonyl (C=O) groups is 1. The number of alkyl halides is 3. The minimum absolute atomic E-state index is 0.00470. The van der Waals surface area contributed by atoms with Gasteiger partial charge in [-0.2, -0.15) is 13.2 Å². The number of fused-ring (bicyclic) bond motifs is 1. The molecule has 0 unspecified atom stereocenters. The molecule has 3 N–H and O–H groups in total. The third-order valence-electron chi connectivity index (χ3n) is 7.75. The van der Waals surface area contributed by atoms with Crippen molar-refractivity contribution in [3.8, 4) is 28.5 Å². The van der Waals surface area contributed by atoms with Crippen LogP contribution in [0.2, 0.25) is 0 Å². The van der Waals surface area contributed by atoms with E-state index in [0.29, 0.717) is 23.4 Å². The number of carbonyl (C=O) groups excluding carboxylic acids is 1. The van der Waals surface area contributed by atoms with E-state index >= 15 is 0 Å². The van der Waals surface area contributed by atoms with E-state index in [1.165, 1.54) is 55.6 Å². The molecule has 46 heavy (non-hydrogen) atoms. The third kappa shape index (κ3) is 7.17. The molecule has 0 saturated carbocycles. The molecule has 0 radical (unpaired) electrons. The van der Waals surface area contributed by atoms with E-state index in [0.717, 1.165) is 5.69 Å². The van der Waals surface area contributed by atoms with Crippen molar-refractivity contribution in [2.75, 3.05) is 45.3 Å². The van der Waals surface area contributed by atoms with Gasteiger partial charge in [-0.25, -0.2) is 9.37 Å². The maximum atomic E-state index is 14.7. The van der Waals surface area contributed by atoms with E-state index in [2.05, 4.69) is 15.6 Å². The molecule has 0 saturated heterocycles. The second-order valence-electron chi connectivity index (χ2n) is 11.1. The summed E-state index contributed by atoms with van der Waals surface area (Å²) in [6.07, 6.45) is -4.79. The fourth-order valence-electron chi connectivity index (χ4n) is 5.21. The van der Waals surface area contributed by atoms with Crippen molar-refractivity contribution >= 4 is 11.6 Å². The number of ether oxygens (including phenoxy) is 3. The van der Waals surface area contributed by atoms with Crippen LogP contribution < -0.4 is 24.8 Å². The van der Waals surface area contributed by atoms with Gasteiger partial charge in [0.25, 0.3) is 5.91 Å². The predicted molar refractivity (Wildman–Crippen MR) is 164 cm³/mol. The number of aliphatic hydroxyl groups excluding tert-OH is 1. The third-order valence-corrected chi connectivity index (χ3v) is 7.75. The quantitative estimate of drug-likeness (QED) is 0.161. The molecule has 1 aliphatic rings. The summed E-state index contributed by atoms with van der Waals surface area (Å²) in [5, 5.41) is 14.7. The van der Waals surface area contributed by atoms with Crippen LogP contribution in [0.3, 0.4) is 0 Å². The molecule has 1 amide bonds. The number of nitrogens with zero attached hydrogens (tertiary/aromatic N) is 1. The molecule has 2 atom stereocenters. The molecule has 0 aliphatic carbocycles. The van der Waals surface area contributed by atoms with E-state index in [4.69, 9.17) is 19.3 Å². The number of nitrogens with one attached hydrogen (secondary N) is 2. The summed E-state index contributed by atoms with van der Waals surface area (Å²) in [4.78, 5) is 17.4. The zero-order valence-electron chi connectivity index (χ0n) is 25.2. The van der Waals surface area contributed by atoms with E-state index < -0.39 is 35.8 Å². The second kappa shape index (κ2) is 13.7. The van der Waals surface area contributed by atoms with Gasteiger partial charge in [-0.05, 0) is 60.7 Å². The van der Waals surface area contributed by atoms with Crippen LogP contribution in [0, 0.1) is 5.82 Å². The number of hydrogen-bond donors (Lipinski definition) is 3. The SMILES string of the molecule is COc1cc(C(=O)NC[C@H](c2cc3c(c(-c4ccc(F)cc4)n2)OC[C@]3(C)CNc2ccccc2)C(F)(F)F)ccc1OCCO. The monoisotopic (exact) mass is 639 g/mol. The molecule has 5 rings (SSSR count). The Kier molecular flexibility index (Phi) is 9.66. The number of benzene rings is 3. The first-order chi connectivity index (χ1) is 22.0. The summed E-state index contributed by atoms with van der Waals surface area (Å²) in [6, 6.07) is 20.2. The standard InChI is InChI=1S/C34H33F4N3O5/c1-33(19-40-24-6-4-3-5-7-24)20-46-31-25(33)17-27(41-30(31)21-8-11-23(35)12-9-21)26(34(36,37)38)18-39-32(43)22-10-13-28(45-15-14-42)29(16-22)44-2/h3-13,16-17,26,40,42H,14-15,18-20H2,1-2H3,(H,39,43)/t26-,33+/m1/s1. The van der Waals surface area contributed by atoms with Crippen molar-refractivity contribution in [2.45, 2.75) is 24.4 Å². The highest BCUT2D eigenvalue weighted by Gasteiger charge is 2.45. The average molecular weight is 640 g/mol. The molecule has 4 aromatic rings. The van der Waals surface area contributed by atoms with Gasteiger partial charge in [0.1, 0.15) is 29.8 Å². The van der Waals surface area contributed by atoms with Crippen LogP contribution in [0.25, 0.3) is 11.3 Å². The summed E-state index contributed by atoms with van der Waals surface area (Å²) < 4.78 is 74.6. The fourth-order valence-corrected chi connectivity index (χ4v) is 5.21. The normalized spacial score (nSPS) is 16.2. The fraction of sp³-hybridized carbons (Fsp3) is 0.294. The Labute approximate surface area is 263 Å². The van der Waals surface area contributed by atoms with Gasteiger partial charge in [-0.15, -0.1) is 0 Å². The van der Waals surface area contributed by atoms with Gasteiger partial charge in [0, 0.05) is 40.9 Å². The van der Waals surface area contributed by atoms with Crippen LogP contribution in [0.4, 0.5) is 23.2 Å². The Morgan fingerprint density at radius 3 is 2.48 bits per heavy atom. The van der Waals surface area contributed by atoms with Crippen molar-refractivity contribution in [1.82, 2.24) is 10.3 Å². The van der Waals surface area contributed by atoms with Crippen molar-refractivity contribution < 1.29 is 41.7 Å². The van der Waals surface area contributed by atoms with Crippen LogP contribution in [0.15, 0.2) is 78.9 Å². The number of pyridine rings is 1. The smallest absolute Gasteiger partial charge is 0.398 e. The molecule has 0 bridgehead atoms. The predicted octanol–water partition coefficient (Wildman–Crippen LogP) is 6.11. The summed E-state index contributed by atoms with van der Waals surface area (Å²) in [6.45, 7) is 1.37. The number of aliphatic hydroxyl groups is 1. The Hall–Kier alpha value is -4.84. The van der Waals surface area contributed by atoms with Crippen LogP contribution in [0.5, 0.6) is 17.2 Å². The first kappa shape index (κ1) is 32.6. The number of methoxy groups -OCH3 is 1. The minimum atomic E-state index is -4.79. The molecule has 1 aliphatic heterocycles. The van der Waals surface area contributed by atoms with Gasteiger partial charge in [0.15, 0.2) is 11.5 Å². The number of amides is 1. The number of halogens is 4. The zero-order chi connectivity index (χ0) is 32.9. The summed E-state index contributed by atoms with van der Waals surface area (Å²) >= 11 is 0. The van der Waals surface area contributed by atoms with Gasteiger partial charge in [-0.1, -0.05) is 25.1 Å². The Morgan fingerprint density at radius 1 is 1.07 bits per heavy atom. The lowest BCUT2D eigenvalue weighted by atomic mass is 9.82. The first-order valence-corrected chi connectivity index (χ1v) is 14.5. The molecular weight excluding hydrogens is 606 g/mol. The number of aromatic nitrogens is 1. The summed E-state index contributed by atoms with van der Waals surface area (Å²) in [5.41, 5.74) is 0.895. The van der Waals surface area contributed by atoms with E-state index in [-0.39, 0.29) is 48.3 Å². The number of hydrogen-bond acceptors (Lipinski definition) is 7. The van der Waals surface area contributed by atoms with Gasteiger partial charge in [-0.3, -0.25) is 4.79 Å². The van der Waals surface area contributed by atoms with E-state index in [1.807, 2.05) is 37.3 Å². The van der Waals surface area contributed by atoms with Crippen LogP contribution in [0.1, 0.15) is 34.5 Å². The van der Waals surface area contributed by atoms with Gasteiger partial charge in [0.2, 0.25) is 0 Å². The molecule has 242 valence electrons.